The van der Waals surface area contributed by atoms with E-state index in [0.717, 1.165) is 23.4 Å². The van der Waals surface area contributed by atoms with Gasteiger partial charge in [0.1, 0.15) is 0 Å². The van der Waals surface area contributed by atoms with Crippen LogP contribution < -0.4 is 5.73 Å². The zero-order valence-electron chi connectivity index (χ0n) is 12.6. The van der Waals surface area contributed by atoms with Crippen molar-refractivity contribution in [3.05, 3.63) is 47.3 Å². The van der Waals surface area contributed by atoms with E-state index in [4.69, 9.17) is 11.0 Å². The summed E-state index contributed by atoms with van der Waals surface area (Å²) in [5.74, 6) is 1.27. The van der Waals surface area contributed by atoms with Crippen LogP contribution in [0.25, 0.3) is 11.4 Å². The molecule has 2 N–H and O–H groups in total. The molecule has 0 unspecified atom stereocenters. The molecule has 1 saturated carbocycles. The summed E-state index contributed by atoms with van der Waals surface area (Å²) < 4.78 is 0. The molecule has 1 aliphatic rings. The van der Waals surface area contributed by atoms with Crippen molar-refractivity contribution in [2.24, 2.45) is 5.73 Å². The van der Waals surface area contributed by atoms with Gasteiger partial charge in [-0.2, -0.15) is 5.26 Å². The van der Waals surface area contributed by atoms with Gasteiger partial charge in [0.25, 0.3) is 0 Å². The standard InChI is InChI=1S/C18H20N4/c19-8-7-14-11-21-18(22-12-14)16-6-5-13(10-20)9-17(16)15-3-1-2-4-15/h5-6,9,11-12,15H,1-4,7-8,19H2. The lowest BCUT2D eigenvalue weighted by atomic mass is 9.91. The second kappa shape index (κ2) is 6.67. The zero-order valence-corrected chi connectivity index (χ0v) is 12.6. The van der Waals surface area contributed by atoms with Gasteiger partial charge in [0.05, 0.1) is 11.6 Å². The maximum atomic E-state index is 9.17. The molecule has 1 heterocycles. The van der Waals surface area contributed by atoms with E-state index >= 15 is 0 Å². The van der Waals surface area contributed by atoms with Crippen molar-refractivity contribution in [2.75, 3.05) is 6.54 Å². The highest BCUT2D eigenvalue weighted by Crippen LogP contribution is 2.38. The smallest absolute Gasteiger partial charge is 0.159 e. The zero-order chi connectivity index (χ0) is 15.4. The van der Waals surface area contributed by atoms with Gasteiger partial charge in [-0.3, -0.25) is 0 Å². The molecule has 0 atom stereocenters. The molecule has 0 aliphatic heterocycles. The monoisotopic (exact) mass is 292 g/mol. The summed E-state index contributed by atoms with van der Waals surface area (Å²) in [6.45, 7) is 0.604. The predicted octanol–water partition coefficient (Wildman–Crippen LogP) is 3.17. The molecule has 4 heteroatoms. The van der Waals surface area contributed by atoms with Gasteiger partial charge in [0.15, 0.2) is 5.82 Å². The molecule has 3 rings (SSSR count). The van der Waals surface area contributed by atoms with Gasteiger partial charge in [-0.25, -0.2) is 9.97 Å². The number of benzene rings is 1. The predicted molar refractivity (Wildman–Crippen MR) is 86.2 cm³/mol. The molecule has 112 valence electrons. The Kier molecular flexibility index (Phi) is 4.45. The van der Waals surface area contributed by atoms with Crippen LogP contribution in [0.4, 0.5) is 0 Å². The van der Waals surface area contributed by atoms with Crippen molar-refractivity contribution in [1.82, 2.24) is 9.97 Å². The van der Waals surface area contributed by atoms with Crippen molar-refractivity contribution in [2.45, 2.75) is 38.0 Å². The Labute approximate surface area is 131 Å². The summed E-state index contributed by atoms with van der Waals surface area (Å²) in [4.78, 5) is 9.01. The third kappa shape index (κ3) is 3.00. The van der Waals surface area contributed by atoms with Crippen LogP contribution in [0.3, 0.4) is 0 Å². The van der Waals surface area contributed by atoms with Crippen LogP contribution >= 0.6 is 0 Å². The molecular formula is C18H20N4. The van der Waals surface area contributed by atoms with E-state index in [2.05, 4.69) is 16.0 Å². The summed E-state index contributed by atoms with van der Waals surface area (Å²) >= 11 is 0. The molecule has 0 saturated heterocycles. The van der Waals surface area contributed by atoms with Crippen molar-refractivity contribution in [3.8, 4) is 17.5 Å². The normalized spacial score (nSPS) is 14.9. The van der Waals surface area contributed by atoms with Gasteiger partial charge in [0, 0.05) is 18.0 Å². The maximum Gasteiger partial charge on any atom is 0.159 e. The van der Waals surface area contributed by atoms with Crippen molar-refractivity contribution in [1.29, 1.82) is 5.26 Å². The Morgan fingerprint density at radius 3 is 2.55 bits per heavy atom. The number of hydrogen-bond acceptors (Lipinski definition) is 4. The third-order valence-corrected chi connectivity index (χ3v) is 4.35. The van der Waals surface area contributed by atoms with Crippen molar-refractivity contribution < 1.29 is 0 Å². The maximum absolute atomic E-state index is 9.17. The minimum Gasteiger partial charge on any atom is -0.330 e. The molecule has 1 aliphatic carbocycles. The summed E-state index contributed by atoms with van der Waals surface area (Å²) in [6, 6.07) is 8.10. The summed E-state index contributed by atoms with van der Waals surface area (Å²) in [7, 11) is 0. The highest BCUT2D eigenvalue weighted by molar-refractivity contribution is 5.63. The lowest BCUT2D eigenvalue weighted by molar-refractivity contribution is 0.723. The van der Waals surface area contributed by atoms with Gasteiger partial charge < -0.3 is 5.73 Å². The second-order valence-electron chi connectivity index (χ2n) is 5.85. The molecule has 1 aromatic heterocycles. The number of nitrogens with zero attached hydrogens (tertiary/aromatic N) is 3. The molecule has 0 radical (unpaired) electrons. The van der Waals surface area contributed by atoms with E-state index in [1.165, 1.54) is 31.2 Å². The van der Waals surface area contributed by atoms with E-state index in [1.54, 1.807) is 0 Å². The molecule has 0 amide bonds. The van der Waals surface area contributed by atoms with E-state index < -0.39 is 0 Å². The van der Waals surface area contributed by atoms with Crippen LogP contribution in [-0.2, 0) is 6.42 Å². The molecule has 0 spiro atoms. The Hall–Kier alpha value is -2.25. The fourth-order valence-electron chi connectivity index (χ4n) is 3.20. The highest BCUT2D eigenvalue weighted by Gasteiger charge is 2.21. The molecule has 22 heavy (non-hydrogen) atoms. The fraction of sp³-hybridized carbons (Fsp3) is 0.389. The Morgan fingerprint density at radius 2 is 1.91 bits per heavy atom. The van der Waals surface area contributed by atoms with Crippen molar-refractivity contribution in [3.63, 3.8) is 0 Å². The minimum absolute atomic E-state index is 0.524. The Balaban J connectivity index is 1.99. The molecule has 1 aromatic carbocycles. The fourth-order valence-corrected chi connectivity index (χ4v) is 3.20. The lowest BCUT2D eigenvalue weighted by Crippen LogP contribution is -2.04. The van der Waals surface area contributed by atoms with E-state index in [1.807, 2.05) is 30.6 Å². The quantitative estimate of drug-likeness (QED) is 0.939. The summed E-state index contributed by atoms with van der Waals surface area (Å²) in [5, 5.41) is 9.17. The molecular weight excluding hydrogens is 272 g/mol. The van der Waals surface area contributed by atoms with E-state index in [0.29, 0.717) is 18.0 Å². The van der Waals surface area contributed by atoms with Crippen LogP contribution in [0, 0.1) is 11.3 Å². The second-order valence-corrected chi connectivity index (χ2v) is 5.85. The first-order valence-corrected chi connectivity index (χ1v) is 7.87. The van der Waals surface area contributed by atoms with Gasteiger partial charge in [-0.1, -0.05) is 12.8 Å². The van der Waals surface area contributed by atoms with E-state index in [-0.39, 0.29) is 0 Å². The number of aromatic nitrogens is 2. The first-order valence-electron chi connectivity index (χ1n) is 7.87. The van der Waals surface area contributed by atoms with Crippen molar-refractivity contribution >= 4 is 0 Å². The molecule has 0 bridgehead atoms. The van der Waals surface area contributed by atoms with Gasteiger partial charge in [0.2, 0.25) is 0 Å². The minimum atomic E-state index is 0.524. The van der Waals surface area contributed by atoms with Crippen LogP contribution in [-0.4, -0.2) is 16.5 Å². The molecule has 4 nitrogen and oxygen atoms in total. The highest BCUT2D eigenvalue weighted by atomic mass is 14.9. The largest absolute Gasteiger partial charge is 0.330 e. The first kappa shape index (κ1) is 14.7. The number of nitriles is 1. The van der Waals surface area contributed by atoms with Gasteiger partial charge in [-0.15, -0.1) is 0 Å². The first-order chi connectivity index (χ1) is 10.8. The Bertz CT molecular complexity index is 679. The summed E-state index contributed by atoms with van der Waals surface area (Å²) in [6.07, 6.45) is 9.40. The van der Waals surface area contributed by atoms with E-state index in [9.17, 15) is 0 Å². The Morgan fingerprint density at radius 1 is 1.18 bits per heavy atom. The van der Waals surface area contributed by atoms with Gasteiger partial charge >= 0.3 is 0 Å². The SMILES string of the molecule is N#Cc1ccc(-c2ncc(CCN)cn2)c(C2CCCC2)c1. The lowest BCUT2D eigenvalue weighted by Gasteiger charge is -2.15. The third-order valence-electron chi connectivity index (χ3n) is 4.35. The average molecular weight is 292 g/mol. The van der Waals surface area contributed by atoms with Crippen LogP contribution in [0.15, 0.2) is 30.6 Å². The van der Waals surface area contributed by atoms with Crippen LogP contribution in [0.5, 0.6) is 0 Å². The van der Waals surface area contributed by atoms with Crippen LogP contribution in [0.2, 0.25) is 0 Å². The molecule has 1 fully saturated rings. The number of hydrogen-bond donors (Lipinski definition) is 1. The topological polar surface area (TPSA) is 75.6 Å². The molecule has 2 aromatic rings. The average Bonchev–Trinajstić information content (AvgIpc) is 3.10. The number of rotatable bonds is 4. The number of nitrogens with two attached hydrogens (primary N) is 1. The summed E-state index contributed by atoms with van der Waals surface area (Å²) in [5.41, 5.74) is 9.62. The van der Waals surface area contributed by atoms with Gasteiger partial charge in [-0.05, 0) is 61.1 Å². The van der Waals surface area contributed by atoms with Crippen LogP contribution in [0.1, 0.15) is 48.3 Å².